The van der Waals surface area contributed by atoms with Gasteiger partial charge in [0.1, 0.15) is 5.01 Å². The number of fused-ring (bicyclic) bond motifs is 1. The predicted octanol–water partition coefficient (Wildman–Crippen LogP) is 4.23. The van der Waals surface area contributed by atoms with Gasteiger partial charge in [-0.3, -0.25) is 9.59 Å². The van der Waals surface area contributed by atoms with Gasteiger partial charge in [-0.2, -0.15) is 0 Å². The minimum Gasteiger partial charge on any atom is -0.329 e. The molecular formula is C20H19N3O2S. The second-order valence-corrected chi connectivity index (χ2v) is 7.50. The van der Waals surface area contributed by atoms with E-state index in [4.69, 9.17) is 4.98 Å². The van der Waals surface area contributed by atoms with E-state index < -0.39 is 0 Å². The largest absolute Gasteiger partial charge is 0.329 e. The number of carbonyl (C=O) groups is 2. The van der Waals surface area contributed by atoms with E-state index in [2.05, 4.69) is 11.4 Å². The Hall–Kier alpha value is -2.73. The van der Waals surface area contributed by atoms with Crippen molar-refractivity contribution in [1.29, 1.82) is 0 Å². The fraction of sp³-hybridized carbons (Fsp3) is 0.250. The highest BCUT2D eigenvalue weighted by Gasteiger charge is 2.32. The number of hydrogen-bond donors (Lipinski definition) is 1. The van der Waals surface area contributed by atoms with Crippen LogP contribution >= 0.6 is 11.3 Å². The molecule has 6 heteroatoms. The molecule has 1 atom stereocenters. The molecule has 1 aliphatic heterocycles. The molecule has 1 N–H and O–H groups in total. The summed E-state index contributed by atoms with van der Waals surface area (Å²) in [6.45, 7) is 2.18. The SMILES string of the molecule is CC(=O)Nc1cccc(C(=O)N2CCCC2c2nc3ccccc3s2)c1. The molecule has 1 aromatic heterocycles. The molecule has 132 valence electrons. The Kier molecular flexibility index (Phi) is 4.42. The standard InChI is InChI=1S/C20H19N3O2S/c1-13(24)21-15-7-4-6-14(12-15)20(25)23-11-5-9-17(23)19-22-16-8-2-3-10-18(16)26-19/h2-4,6-8,10,12,17H,5,9,11H2,1H3,(H,21,24). The number of thiazole rings is 1. The van der Waals surface area contributed by atoms with Gasteiger partial charge >= 0.3 is 0 Å². The van der Waals surface area contributed by atoms with Crippen LogP contribution in [0.1, 0.15) is 41.2 Å². The number of likely N-dealkylation sites (tertiary alicyclic amines) is 1. The van der Waals surface area contributed by atoms with Crippen LogP contribution in [0.15, 0.2) is 48.5 Å². The monoisotopic (exact) mass is 365 g/mol. The van der Waals surface area contributed by atoms with E-state index >= 15 is 0 Å². The third kappa shape index (κ3) is 3.20. The van der Waals surface area contributed by atoms with Crippen molar-refractivity contribution < 1.29 is 9.59 Å². The first-order valence-corrected chi connectivity index (χ1v) is 9.47. The highest BCUT2D eigenvalue weighted by molar-refractivity contribution is 7.18. The van der Waals surface area contributed by atoms with Gasteiger partial charge in [-0.1, -0.05) is 18.2 Å². The van der Waals surface area contributed by atoms with Crippen LogP contribution in [0.2, 0.25) is 0 Å². The van der Waals surface area contributed by atoms with Crippen LogP contribution in [0, 0.1) is 0 Å². The Morgan fingerprint density at radius 1 is 1.19 bits per heavy atom. The summed E-state index contributed by atoms with van der Waals surface area (Å²) in [5.41, 5.74) is 2.21. The fourth-order valence-corrected chi connectivity index (χ4v) is 4.51. The number of hydrogen-bond acceptors (Lipinski definition) is 4. The van der Waals surface area contributed by atoms with Gasteiger partial charge in [-0.15, -0.1) is 11.3 Å². The van der Waals surface area contributed by atoms with Crippen molar-refractivity contribution in [3.8, 4) is 0 Å². The molecule has 2 heterocycles. The summed E-state index contributed by atoms with van der Waals surface area (Å²) < 4.78 is 1.15. The van der Waals surface area contributed by atoms with E-state index in [0.717, 1.165) is 34.6 Å². The van der Waals surface area contributed by atoms with Crippen molar-refractivity contribution >= 4 is 39.1 Å². The minimum absolute atomic E-state index is 0.0149. The molecule has 2 aromatic carbocycles. The molecule has 0 aliphatic carbocycles. The van der Waals surface area contributed by atoms with Crippen LogP contribution in [-0.2, 0) is 4.79 Å². The summed E-state index contributed by atoms with van der Waals surface area (Å²) in [7, 11) is 0. The van der Waals surface area contributed by atoms with Crippen LogP contribution in [0.25, 0.3) is 10.2 Å². The number of aromatic nitrogens is 1. The van der Waals surface area contributed by atoms with Crippen LogP contribution in [0.5, 0.6) is 0 Å². The third-order valence-electron chi connectivity index (χ3n) is 4.54. The summed E-state index contributed by atoms with van der Waals surface area (Å²) in [6.07, 6.45) is 1.90. The zero-order valence-electron chi connectivity index (χ0n) is 14.4. The lowest BCUT2D eigenvalue weighted by atomic mass is 10.1. The van der Waals surface area contributed by atoms with Crippen molar-refractivity contribution in [2.75, 3.05) is 11.9 Å². The van der Waals surface area contributed by atoms with Crippen LogP contribution in [0.4, 0.5) is 5.69 Å². The van der Waals surface area contributed by atoms with E-state index in [1.54, 1.807) is 35.6 Å². The van der Waals surface area contributed by atoms with E-state index in [1.165, 1.54) is 6.92 Å². The molecule has 4 rings (SSSR count). The first-order valence-electron chi connectivity index (χ1n) is 8.66. The van der Waals surface area contributed by atoms with Gasteiger partial charge in [-0.25, -0.2) is 4.98 Å². The van der Waals surface area contributed by atoms with E-state index in [-0.39, 0.29) is 17.9 Å². The Balaban J connectivity index is 1.61. The number of carbonyl (C=O) groups excluding carboxylic acids is 2. The highest BCUT2D eigenvalue weighted by Crippen LogP contribution is 2.37. The third-order valence-corrected chi connectivity index (χ3v) is 5.68. The average Bonchev–Trinajstić information content (AvgIpc) is 3.27. The summed E-state index contributed by atoms with van der Waals surface area (Å²) in [5, 5.41) is 3.73. The normalized spacial score (nSPS) is 16.8. The topological polar surface area (TPSA) is 62.3 Å². The van der Waals surface area contributed by atoms with Crippen molar-refractivity contribution in [1.82, 2.24) is 9.88 Å². The summed E-state index contributed by atoms with van der Waals surface area (Å²) >= 11 is 1.66. The van der Waals surface area contributed by atoms with Gasteiger partial charge in [0.25, 0.3) is 5.91 Å². The maximum atomic E-state index is 13.1. The zero-order valence-corrected chi connectivity index (χ0v) is 15.3. The van der Waals surface area contributed by atoms with Gasteiger partial charge < -0.3 is 10.2 Å². The molecule has 2 amide bonds. The molecule has 1 unspecified atom stereocenters. The number of nitrogens with one attached hydrogen (secondary N) is 1. The lowest BCUT2D eigenvalue weighted by Crippen LogP contribution is -2.30. The number of nitrogens with zero attached hydrogens (tertiary/aromatic N) is 2. The Bertz CT molecular complexity index is 949. The first-order chi connectivity index (χ1) is 12.6. The minimum atomic E-state index is -0.150. The van der Waals surface area contributed by atoms with Crippen molar-refractivity contribution in [2.45, 2.75) is 25.8 Å². The number of benzene rings is 2. The van der Waals surface area contributed by atoms with Crippen LogP contribution in [-0.4, -0.2) is 28.2 Å². The van der Waals surface area contributed by atoms with Gasteiger partial charge in [0.15, 0.2) is 0 Å². The average molecular weight is 365 g/mol. The molecule has 0 bridgehead atoms. The Morgan fingerprint density at radius 2 is 2.04 bits per heavy atom. The number of para-hydroxylation sites is 1. The van der Waals surface area contributed by atoms with Gasteiger partial charge in [0, 0.05) is 24.7 Å². The second-order valence-electron chi connectivity index (χ2n) is 6.44. The van der Waals surface area contributed by atoms with Gasteiger partial charge in [0.2, 0.25) is 5.91 Å². The molecule has 1 fully saturated rings. The highest BCUT2D eigenvalue weighted by atomic mass is 32.1. The predicted molar refractivity (Wildman–Crippen MR) is 103 cm³/mol. The molecule has 3 aromatic rings. The molecule has 26 heavy (non-hydrogen) atoms. The summed E-state index contributed by atoms with van der Waals surface area (Å²) in [6, 6.07) is 15.2. The second kappa shape index (κ2) is 6.88. The van der Waals surface area contributed by atoms with E-state index in [0.29, 0.717) is 11.3 Å². The quantitative estimate of drug-likeness (QED) is 0.755. The molecular weight excluding hydrogens is 346 g/mol. The smallest absolute Gasteiger partial charge is 0.254 e. The lowest BCUT2D eigenvalue weighted by molar-refractivity contribution is -0.114. The van der Waals surface area contributed by atoms with E-state index in [9.17, 15) is 9.59 Å². The maximum absolute atomic E-state index is 13.1. The molecule has 0 radical (unpaired) electrons. The zero-order chi connectivity index (χ0) is 18.1. The number of rotatable bonds is 3. The summed E-state index contributed by atoms with van der Waals surface area (Å²) in [4.78, 5) is 31.0. The molecule has 5 nitrogen and oxygen atoms in total. The Morgan fingerprint density at radius 3 is 2.85 bits per heavy atom. The van der Waals surface area contributed by atoms with Crippen molar-refractivity contribution in [3.63, 3.8) is 0 Å². The van der Waals surface area contributed by atoms with Crippen LogP contribution in [0.3, 0.4) is 0 Å². The van der Waals surface area contributed by atoms with Crippen molar-refractivity contribution in [3.05, 3.63) is 59.1 Å². The fourth-order valence-electron chi connectivity index (χ4n) is 3.40. The Labute approximate surface area is 155 Å². The first kappa shape index (κ1) is 16.7. The molecule has 1 saturated heterocycles. The van der Waals surface area contributed by atoms with Gasteiger partial charge in [-0.05, 0) is 43.2 Å². The van der Waals surface area contributed by atoms with Crippen LogP contribution < -0.4 is 5.32 Å². The summed E-state index contributed by atoms with van der Waals surface area (Å²) in [5.74, 6) is -0.165. The van der Waals surface area contributed by atoms with Crippen molar-refractivity contribution in [2.24, 2.45) is 0 Å². The number of anilines is 1. The van der Waals surface area contributed by atoms with Gasteiger partial charge in [0.05, 0.1) is 16.3 Å². The number of amides is 2. The lowest BCUT2D eigenvalue weighted by Gasteiger charge is -2.23. The molecule has 0 saturated carbocycles. The maximum Gasteiger partial charge on any atom is 0.254 e. The molecule has 1 aliphatic rings. The van der Waals surface area contributed by atoms with E-state index in [1.807, 2.05) is 23.1 Å². The molecule has 0 spiro atoms.